The van der Waals surface area contributed by atoms with Gasteiger partial charge in [0.2, 0.25) is 0 Å². The van der Waals surface area contributed by atoms with Crippen LogP contribution >= 0.6 is 0 Å². The van der Waals surface area contributed by atoms with Crippen molar-refractivity contribution in [3.63, 3.8) is 0 Å². The predicted molar refractivity (Wildman–Crippen MR) is 127 cm³/mol. The van der Waals surface area contributed by atoms with Gasteiger partial charge in [-0.05, 0) is 90.5 Å². The van der Waals surface area contributed by atoms with E-state index in [2.05, 4.69) is 85.0 Å². The van der Waals surface area contributed by atoms with Crippen LogP contribution in [0.25, 0.3) is 0 Å². The highest BCUT2D eigenvalue weighted by molar-refractivity contribution is 5.94. The third-order valence-electron chi connectivity index (χ3n) is 6.00. The first kappa shape index (κ1) is 21.4. The highest BCUT2D eigenvalue weighted by atomic mass is 15.0. The summed E-state index contributed by atoms with van der Waals surface area (Å²) in [6, 6.07) is 9.48. The molecule has 154 valence electrons. The van der Waals surface area contributed by atoms with Gasteiger partial charge in [0, 0.05) is 23.5 Å². The Morgan fingerprint density at radius 2 is 0.966 bits per heavy atom. The summed E-state index contributed by atoms with van der Waals surface area (Å²) in [7, 11) is 0. The van der Waals surface area contributed by atoms with Crippen molar-refractivity contribution in [1.82, 2.24) is 5.32 Å². The van der Waals surface area contributed by atoms with Crippen LogP contribution in [0.15, 0.2) is 34.3 Å². The minimum absolute atomic E-state index is 0.311. The average Bonchev–Trinajstić information content (AvgIpc) is 3.11. The molecular formula is C26H35N3. The van der Waals surface area contributed by atoms with Gasteiger partial charge in [0.1, 0.15) is 0 Å². The summed E-state index contributed by atoms with van der Waals surface area (Å²) in [5.74, 6) is 0. The molecule has 2 atom stereocenters. The number of rotatable bonds is 4. The Kier molecular flexibility index (Phi) is 6.38. The molecule has 0 spiro atoms. The minimum Gasteiger partial charge on any atom is -0.301 e. The first-order valence-electron chi connectivity index (χ1n) is 10.7. The molecular weight excluding hydrogens is 354 g/mol. The molecule has 1 fully saturated rings. The second-order valence-electron chi connectivity index (χ2n) is 8.85. The number of aliphatic imine (C=N–C) groups is 2. The van der Waals surface area contributed by atoms with E-state index in [0.29, 0.717) is 12.1 Å². The Bertz CT molecular complexity index is 856. The Labute approximate surface area is 176 Å². The van der Waals surface area contributed by atoms with E-state index in [4.69, 9.17) is 9.98 Å². The second kappa shape index (κ2) is 8.62. The van der Waals surface area contributed by atoms with Crippen LogP contribution in [0.1, 0.15) is 60.1 Å². The normalized spacial score (nSPS) is 20.4. The van der Waals surface area contributed by atoms with E-state index in [1.54, 1.807) is 0 Å². The van der Waals surface area contributed by atoms with Crippen molar-refractivity contribution in [2.75, 3.05) is 0 Å². The highest BCUT2D eigenvalue weighted by Crippen LogP contribution is 2.28. The summed E-state index contributed by atoms with van der Waals surface area (Å²) < 4.78 is 0. The number of nitrogens with zero attached hydrogens (tertiary/aromatic N) is 2. The third-order valence-corrected chi connectivity index (χ3v) is 6.00. The summed E-state index contributed by atoms with van der Waals surface area (Å²) in [5.41, 5.74) is 12.2. The van der Waals surface area contributed by atoms with Crippen molar-refractivity contribution in [2.45, 2.75) is 80.3 Å². The molecule has 1 saturated heterocycles. The molecule has 1 heterocycles. The molecule has 3 heteroatoms. The van der Waals surface area contributed by atoms with Crippen LogP contribution in [-0.4, -0.2) is 23.5 Å². The van der Waals surface area contributed by atoms with Gasteiger partial charge in [0.05, 0.1) is 11.4 Å². The molecule has 3 nitrogen and oxygen atoms in total. The lowest BCUT2D eigenvalue weighted by Gasteiger charge is -2.16. The first-order valence-corrected chi connectivity index (χ1v) is 10.7. The quantitative estimate of drug-likeness (QED) is 0.592. The molecule has 1 aliphatic heterocycles. The fourth-order valence-electron chi connectivity index (χ4n) is 4.61. The van der Waals surface area contributed by atoms with Crippen LogP contribution in [0, 0.1) is 41.5 Å². The number of nitrogens with one attached hydrogen (secondary N) is 1. The molecule has 1 aliphatic rings. The first-order chi connectivity index (χ1) is 13.7. The monoisotopic (exact) mass is 389 g/mol. The Hall–Kier alpha value is -2.26. The van der Waals surface area contributed by atoms with Crippen LogP contribution in [0.3, 0.4) is 0 Å². The minimum atomic E-state index is 0.311. The molecule has 2 unspecified atom stereocenters. The van der Waals surface area contributed by atoms with Gasteiger partial charge in [-0.2, -0.15) is 0 Å². The molecule has 29 heavy (non-hydrogen) atoms. The molecule has 3 rings (SSSR count). The SMILES string of the molecule is CC(=Nc1c(C)cc(C)cc1C)C1CCC(C(C)=Nc2c(C)cc(C)cc2C)N1. The number of hydrogen-bond donors (Lipinski definition) is 1. The number of aryl methyl sites for hydroxylation is 6. The molecule has 2 aromatic carbocycles. The zero-order valence-electron chi connectivity index (χ0n) is 19.3. The summed E-state index contributed by atoms with van der Waals surface area (Å²) in [4.78, 5) is 10.0. The predicted octanol–water partition coefficient (Wildman–Crippen LogP) is 6.54. The average molecular weight is 390 g/mol. The van der Waals surface area contributed by atoms with Gasteiger partial charge in [0.25, 0.3) is 0 Å². The third kappa shape index (κ3) is 4.84. The molecule has 2 aromatic rings. The summed E-state index contributed by atoms with van der Waals surface area (Å²) in [6.45, 7) is 17.2. The zero-order chi connectivity index (χ0) is 21.3. The van der Waals surface area contributed by atoms with Gasteiger partial charge >= 0.3 is 0 Å². The van der Waals surface area contributed by atoms with Gasteiger partial charge in [-0.3, -0.25) is 9.98 Å². The Morgan fingerprint density at radius 3 is 1.28 bits per heavy atom. The molecule has 0 bridgehead atoms. The van der Waals surface area contributed by atoms with Gasteiger partial charge in [0.15, 0.2) is 0 Å². The van der Waals surface area contributed by atoms with Crippen LogP contribution in [-0.2, 0) is 0 Å². The highest BCUT2D eigenvalue weighted by Gasteiger charge is 2.27. The van der Waals surface area contributed by atoms with E-state index >= 15 is 0 Å². The lowest BCUT2D eigenvalue weighted by molar-refractivity contribution is 0.710. The topological polar surface area (TPSA) is 36.8 Å². The molecule has 0 saturated carbocycles. The fraction of sp³-hybridized carbons (Fsp3) is 0.462. The van der Waals surface area contributed by atoms with Crippen molar-refractivity contribution >= 4 is 22.8 Å². The maximum atomic E-state index is 5.01. The van der Waals surface area contributed by atoms with E-state index in [1.807, 2.05) is 0 Å². The maximum Gasteiger partial charge on any atom is 0.0688 e. The van der Waals surface area contributed by atoms with Crippen LogP contribution < -0.4 is 5.32 Å². The van der Waals surface area contributed by atoms with Gasteiger partial charge in [-0.1, -0.05) is 35.4 Å². The molecule has 0 amide bonds. The van der Waals surface area contributed by atoms with Gasteiger partial charge in [-0.15, -0.1) is 0 Å². The van der Waals surface area contributed by atoms with E-state index in [0.717, 1.165) is 35.6 Å². The van der Waals surface area contributed by atoms with Crippen LogP contribution in [0.5, 0.6) is 0 Å². The van der Waals surface area contributed by atoms with Crippen molar-refractivity contribution in [3.8, 4) is 0 Å². The van der Waals surface area contributed by atoms with Crippen molar-refractivity contribution < 1.29 is 0 Å². The molecule has 0 aromatic heterocycles. The summed E-state index contributed by atoms with van der Waals surface area (Å²) in [6.07, 6.45) is 2.20. The number of benzene rings is 2. The van der Waals surface area contributed by atoms with E-state index < -0.39 is 0 Å². The summed E-state index contributed by atoms with van der Waals surface area (Å²) >= 11 is 0. The van der Waals surface area contributed by atoms with E-state index in [1.165, 1.54) is 33.4 Å². The Morgan fingerprint density at radius 1 is 0.655 bits per heavy atom. The van der Waals surface area contributed by atoms with Gasteiger partial charge < -0.3 is 5.32 Å². The maximum absolute atomic E-state index is 5.01. The smallest absolute Gasteiger partial charge is 0.0688 e. The van der Waals surface area contributed by atoms with Gasteiger partial charge in [-0.25, -0.2) is 0 Å². The Balaban J connectivity index is 1.78. The van der Waals surface area contributed by atoms with Crippen LogP contribution in [0.4, 0.5) is 11.4 Å². The molecule has 1 N–H and O–H groups in total. The van der Waals surface area contributed by atoms with E-state index in [9.17, 15) is 0 Å². The van der Waals surface area contributed by atoms with Crippen molar-refractivity contribution in [2.24, 2.45) is 9.98 Å². The molecule has 0 aliphatic carbocycles. The van der Waals surface area contributed by atoms with Crippen molar-refractivity contribution in [3.05, 3.63) is 57.6 Å². The number of hydrogen-bond acceptors (Lipinski definition) is 3. The molecule has 0 radical (unpaired) electrons. The fourth-order valence-corrected chi connectivity index (χ4v) is 4.61. The summed E-state index contributed by atoms with van der Waals surface area (Å²) in [5, 5.41) is 3.77. The zero-order valence-corrected chi connectivity index (χ0v) is 19.3. The second-order valence-corrected chi connectivity index (χ2v) is 8.85. The standard InChI is InChI=1S/C26H35N3/c1-15-11-17(3)25(18(4)12-15)27-21(7)23-9-10-24(29-23)22(8)28-26-19(5)13-16(2)14-20(26)6/h11-14,23-24,29H,9-10H2,1-8H3. The van der Waals surface area contributed by atoms with Crippen molar-refractivity contribution in [1.29, 1.82) is 0 Å². The van der Waals surface area contributed by atoms with Crippen LogP contribution in [0.2, 0.25) is 0 Å². The van der Waals surface area contributed by atoms with E-state index in [-0.39, 0.29) is 0 Å². The lowest BCUT2D eigenvalue weighted by atomic mass is 10.0. The largest absolute Gasteiger partial charge is 0.301 e. The lowest BCUT2D eigenvalue weighted by Crippen LogP contribution is -2.37.